The SMILES string of the molecule is COC(=O)c1ccc2c(ccn2-c2ncccn2)c1. The maximum atomic E-state index is 11.5. The van der Waals surface area contributed by atoms with Crippen LogP contribution < -0.4 is 0 Å². The number of esters is 1. The molecule has 0 atom stereocenters. The van der Waals surface area contributed by atoms with E-state index >= 15 is 0 Å². The summed E-state index contributed by atoms with van der Waals surface area (Å²) in [5, 5.41) is 0.940. The molecule has 0 aliphatic heterocycles. The van der Waals surface area contributed by atoms with Crippen molar-refractivity contribution >= 4 is 16.9 Å². The first-order valence-corrected chi connectivity index (χ1v) is 5.76. The van der Waals surface area contributed by atoms with Crippen molar-refractivity contribution in [3.63, 3.8) is 0 Å². The third kappa shape index (κ3) is 1.95. The number of carbonyl (C=O) groups is 1. The van der Waals surface area contributed by atoms with Gasteiger partial charge in [-0.15, -0.1) is 0 Å². The van der Waals surface area contributed by atoms with E-state index in [4.69, 9.17) is 4.74 Å². The lowest BCUT2D eigenvalue weighted by Crippen LogP contribution is -2.01. The van der Waals surface area contributed by atoms with Gasteiger partial charge in [0, 0.05) is 24.0 Å². The van der Waals surface area contributed by atoms with Crippen LogP contribution in [-0.4, -0.2) is 27.6 Å². The average Bonchev–Trinajstić information content (AvgIpc) is 2.90. The number of fused-ring (bicyclic) bond motifs is 1. The van der Waals surface area contributed by atoms with Crippen molar-refractivity contribution in [3.05, 3.63) is 54.5 Å². The molecular weight excluding hydrogens is 242 g/mol. The van der Waals surface area contributed by atoms with Crippen molar-refractivity contribution in [3.8, 4) is 5.95 Å². The minimum absolute atomic E-state index is 0.342. The number of rotatable bonds is 2. The van der Waals surface area contributed by atoms with Gasteiger partial charge < -0.3 is 4.74 Å². The summed E-state index contributed by atoms with van der Waals surface area (Å²) in [6.45, 7) is 0. The van der Waals surface area contributed by atoms with Crippen molar-refractivity contribution in [2.75, 3.05) is 7.11 Å². The van der Waals surface area contributed by atoms with Crippen LogP contribution in [0.15, 0.2) is 48.9 Å². The van der Waals surface area contributed by atoms with Crippen LogP contribution in [0, 0.1) is 0 Å². The fraction of sp³-hybridized carbons (Fsp3) is 0.0714. The van der Waals surface area contributed by atoms with Crippen LogP contribution in [0.2, 0.25) is 0 Å². The van der Waals surface area contributed by atoms with Gasteiger partial charge in [0.2, 0.25) is 5.95 Å². The molecule has 2 aromatic heterocycles. The largest absolute Gasteiger partial charge is 0.465 e. The third-order valence-electron chi connectivity index (χ3n) is 2.88. The first-order chi connectivity index (χ1) is 9.29. The second-order valence-electron chi connectivity index (χ2n) is 4.00. The van der Waals surface area contributed by atoms with Gasteiger partial charge in [0.15, 0.2) is 0 Å². The van der Waals surface area contributed by atoms with Crippen LogP contribution in [0.1, 0.15) is 10.4 Å². The summed E-state index contributed by atoms with van der Waals surface area (Å²) >= 11 is 0. The maximum absolute atomic E-state index is 11.5. The summed E-state index contributed by atoms with van der Waals surface area (Å²) in [4.78, 5) is 19.9. The van der Waals surface area contributed by atoms with Crippen LogP contribution >= 0.6 is 0 Å². The Balaban J connectivity index is 2.13. The summed E-state index contributed by atoms with van der Waals surface area (Å²) in [6.07, 6.45) is 5.26. The van der Waals surface area contributed by atoms with E-state index < -0.39 is 0 Å². The summed E-state index contributed by atoms with van der Waals surface area (Å²) < 4.78 is 6.58. The maximum Gasteiger partial charge on any atom is 0.337 e. The van der Waals surface area contributed by atoms with Crippen LogP contribution in [0.5, 0.6) is 0 Å². The number of aromatic nitrogens is 3. The summed E-state index contributed by atoms with van der Waals surface area (Å²) in [6, 6.07) is 9.06. The molecule has 1 aromatic carbocycles. The fourth-order valence-electron chi connectivity index (χ4n) is 1.98. The van der Waals surface area contributed by atoms with Gasteiger partial charge >= 0.3 is 5.97 Å². The Morgan fingerprint density at radius 3 is 2.74 bits per heavy atom. The highest BCUT2D eigenvalue weighted by atomic mass is 16.5. The Labute approximate surface area is 109 Å². The molecule has 0 saturated heterocycles. The number of nitrogens with zero attached hydrogens (tertiary/aromatic N) is 3. The van der Waals surface area contributed by atoms with E-state index in [1.165, 1.54) is 7.11 Å². The molecular formula is C14H11N3O2. The number of ether oxygens (including phenoxy) is 1. The molecule has 0 N–H and O–H groups in total. The molecule has 0 fully saturated rings. The highest BCUT2D eigenvalue weighted by Crippen LogP contribution is 2.20. The molecule has 0 unspecified atom stereocenters. The molecule has 3 rings (SSSR count). The number of benzene rings is 1. The zero-order valence-corrected chi connectivity index (χ0v) is 10.3. The first-order valence-electron chi connectivity index (χ1n) is 5.76. The molecule has 19 heavy (non-hydrogen) atoms. The van der Waals surface area contributed by atoms with Crippen molar-refractivity contribution < 1.29 is 9.53 Å². The summed E-state index contributed by atoms with van der Waals surface area (Å²) in [7, 11) is 1.37. The highest BCUT2D eigenvalue weighted by molar-refractivity contribution is 5.95. The number of hydrogen-bond donors (Lipinski definition) is 0. The molecule has 0 saturated carbocycles. The number of hydrogen-bond acceptors (Lipinski definition) is 4. The molecule has 0 amide bonds. The summed E-state index contributed by atoms with van der Waals surface area (Å²) in [5.41, 5.74) is 1.47. The van der Waals surface area contributed by atoms with Gasteiger partial charge in [-0.25, -0.2) is 14.8 Å². The van der Waals surface area contributed by atoms with E-state index in [0.717, 1.165) is 10.9 Å². The van der Waals surface area contributed by atoms with E-state index in [-0.39, 0.29) is 5.97 Å². The number of carbonyl (C=O) groups excluding carboxylic acids is 1. The smallest absolute Gasteiger partial charge is 0.337 e. The van der Waals surface area contributed by atoms with E-state index in [2.05, 4.69) is 9.97 Å². The van der Waals surface area contributed by atoms with E-state index in [1.54, 1.807) is 30.6 Å². The predicted octanol–water partition coefficient (Wildman–Crippen LogP) is 2.21. The Bertz CT molecular complexity index is 735. The van der Waals surface area contributed by atoms with Crippen LogP contribution in [0.4, 0.5) is 0 Å². The Morgan fingerprint density at radius 2 is 2.00 bits per heavy atom. The van der Waals surface area contributed by atoms with Crippen LogP contribution in [-0.2, 0) is 4.74 Å². The van der Waals surface area contributed by atoms with E-state index in [0.29, 0.717) is 11.5 Å². The molecule has 0 radical (unpaired) electrons. The molecule has 94 valence electrons. The second kappa shape index (κ2) is 4.53. The van der Waals surface area contributed by atoms with Gasteiger partial charge in [0.05, 0.1) is 18.2 Å². The van der Waals surface area contributed by atoms with Crippen molar-refractivity contribution in [1.82, 2.24) is 14.5 Å². The van der Waals surface area contributed by atoms with Gasteiger partial charge in [0.1, 0.15) is 0 Å². The Kier molecular flexibility index (Phi) is 2.72. The monoisotopic (exact) mass is 253 g/mol. The molecule has 5 nitrogen and oxygen atoms in total. The molecule has 0 bridgehead atoms. The summed E-state index contributed by atoms with van der Waals surface area (Å²) in [5.74, 6) is 0.258. The Morgan fingerprint density at radius 1 is 1.21 bits per heavy atom. The predicted molar refractivity (Wildman–Crippen MR) is 70.2 cm³/mol. The standard InChI is InChI=1S/C14H11N3O2/c1-19-13(18)11-3-4-12-10(9-11)5-8-17(12)14-15-6-2-7-16-14/h2-9H,1H3. The minimum atomic E-state index is -0.342. The fourth-order valence-corrected chi connectivity index (χ4v) is 1.98. The van der Waals surface area contributed by atoms with Crippen molar-refractivity contribution in [2.24, 2.45) is 0 Å². The van der Waals surface area contributed by atoms with Crippen molar-refractivity contribution in [1.29, 1.82) is 0 Å². The van der Waals surface area contributed by atoms with Crippen molar-refractivity contribution in [2.45, 2.75) is 0 Å². The van der Waals surface area contributed by atoms with E-state index in [9.17, 15) is 4.79 Å². The molecule has 0 spiro atoms. The van der Waals surface area contributed by atoms with Gasteiger partial charge in [0.25, 0.3) is 0 Å². The molecule has 3 aromatic rings. The zero-order chi connectivity index (χ0) is 13.2. The van der Waals surface area contributed by atoms with Crippen LogP contribution in [0.25, 0.3) is 16.9 Å². The second-order valence-corrected chi connectivity index (χ2v) is 4.00. The van der Waals surface area contributed by atoms with Gasteiger partial charge in [-0.1, -0.05) is 0 Å². The highest BCUT2D eigenvalue weighted by Gasteiger charge is 2.09. The van der Waals surface area contributed by atoms with Crippen LogP contribution in [0.3, 0.4) is 0 Å². The normalized spacial score (nSPS) is 10.6. The first kappa shape index (κ1) is 11.4. The lowest BCUT2D eigenvalue weighted by molar-refractivity contribution is 0.0601. The third-order valence-corrected chi connectivity index (χ3v) is 2.88. The lowest BCUT2D eigenvalue weighted by atomic mass is 10.1. The molecule has 2 heterocycles. The zero-order valence-electron chi connectivity index (χ0n) is 10.3. The topological polar surface area (TPSA) is 57.0 Å². The van der Waals surface area contributed by atoms with Gasteiger partial charge in [-0.2, -0.15) is 0 Å². The lowest BCUT2D eigenvalue weighted by Gasteiger charge is -2.03. The average molecular weight is 253 g/mol. The number of methoxy groups -OCH3 is 1. The minimum Gasteiger partial charge on any atom is -0.465 e. The Hall–Kier alpha value is -2.69. The van der Waals surface area contributed by atoms with E-state index in [1.807, 2.05) is 22.9 Å². The molecule has 0 aliphatic rings. The van der Waals surface area contributed by atoms with Gasteiger partial charge in [-0.3, -0.25) is 4.57 Å². The molecule has 0 aliphatic carbocycles. The van der Waals surface area contributed by atoms with Gasteiger partial charge in [-0.05, 0) is 30.3 Å². The quantitative estimate of drug-likeness (QED) is 0.657. The molecule has 5 heteroatoms.